The molecule has 0 saturated heterocycles. The van der Waals surface area contributed by atoms with E-state index in [1.807, 2.05) is 18.2 Å². The number of aromatic nitrogens is 4. The first-order chi connectivity index (χ1) is 10.2. The normalized spacial score (nSPS) is 10.8. The third kappa shape index (κ3) is 2.88. The number of nitrogens with zero attached hydrogens (tertiary/aromatic N) is 3. The van der Waals surface area contributed by atoms with Gasteiger partial charge in [-0.1, -0.05) is 11.6 Å². The second-order valence-corrected chi connectivity index (χ2v) is 5.51. The highest BCUT2D eigenvalue weighted by atomic mass is 35.5. The lowest BCUT2D eigenvalue weighted by atomic mass is 10.3. The maximum atomic E-state index is 6.11. The molecular formula is C13H12ClN5OS. The van der Waals surface area contributed by atoms with Gasteiger partial charge in [0.05, 0.1) is 29.4 Å². The number of hydrogen-bond acceptors (Lipinski definition) is 6. The maximum Gasteiger partial charge on any atom is 0.223 e. The van der Waals surface area contributed by atoms with Crippen LogP contribution in [-0.2, 0) is 0 Å². The van der Waals surface area contributed by atoms with Gasteiger partial charge in [0.1, 0.15) is 10.8 Å². The molecule has 2 heterocycles. The Morgan fingerprint density at radius 2 is 2.19 bits per heavy atom. The van der Waals surface area contributed by atoms with E-state index in [1.54, 1.807) is 20.4 Å². The van der Waals surface area contributed by atoms with Crippen molar-refractivity contribution in [3.8, 4) is 5.75 Å². The molecule has 1 aromatic carbocycles. The lowest BCUT2D eigenvalue weighted by molar-refractivity contribution is 0.415. The van der Waals surface area contributed by atoms with Crippen molar-refractivity contribution in [2.24, 2.45) is 0 Å². The number of hydrogen-bond donors (Lipinski definition) is 2. The third-order valence-corrected chi connectivity index (χ3v) is 4.08. The summed E-state index contributed by atoms with van der Waals surface area (Å²) in [5.41, 5.74) is 1.76. The van der Waals surface area contributed by atoms with Gasteiger partial charge in [0.2, 0.25) is 5.95 Å². The van der Waals surface area contributed by atoms with Gasteiger partial charge >= 0.3 is 0 Å². The first kappa shape index (κ1) is 14.0. The zero-order valence-corrected chi connectivity index (χ0v) is 12.9. The summed E-state index contributed by atoms with van der Waals surface area (Å²) in [4.78, 5) is 16.1. The van der Waals surface area contributed by atoms with E-state index in [4.69, 9.17) is 16.3 Å². The summed E-state index contributed by atoms with van der Waals surface area (Å²) in [7, 11) is 3.39. The Morgan fingerprint density at radius 1 is 1.33 bits per heavy atom. The van der Waals surface area contributed by atoms with Crippen LogP contribution in [-0.4, -0.2) is 34.1 Å². The van der Waals surface area contributed by atoms with Gasteiger partial charge in [0.25, 0.3) is 0 Å². The molecule has 0 atom stereocenters. The highest BCUT2D eigenvalue weighted by Gasteiger charge is 2.11. The predicted octanol–water partition coefficient (Wildman–Crippen LogP) is 3.21. The van der Waals surface area contributed by atoms with Crippen LogP contribution in [0.3, 0.4) is 0 Å². The Bertz CT molecular complexity index is 791. The minimum absolute atomic E-state index is 0.483. The molecule has 21 heavy (non-hydrogen) atoms. The van der Waals surface area contributed by atoms with Gasteiger partial charge in [-0.15, -0.1) is 0 Å². The van der Waals surface area contributed by atoms with Crippen molar-refractivity contribution in [1.82, 2.24) is 19.9 Å². The molecule has 3 rings (SSSR count). The average Bonchev–Trinajstić information content (AvgIpc) is 2.90. The quantitative estimate of drug-likeness (QED) is 0.719. The van der Waals surface area contributed by atoms with E-state index in [0.717, 1.165) is 16.8 Å². The molecule has 0 fully saturated rings. The molecule has 0 amide bonds. The van der Waals surface area contributed by atoms with Crippen molar-refractivity contribution in [2.75, 3.05) is 19.5 Å². The first-order valence-electron chi connectivity index (χ1n) is 6.11. The van der Waals surface area contributed by atoms with Crippen LogP contribution >= 0.6 is 23.4 Å². The second kappa shape index (κ2) is 5.79. The van der Waals surface area contributed by atoms with Gasteiger partial charge in [-0.25, -0.2) is 15.0 Å². The van der Waals surface area contributed by atoms with Crippen molar-refractivity contribution < 1.29 is 4.74 Å². The molecule has 8 heteroatoms. The minimum Gasteiger partial charge on any atom is -0.497 e. The van der Waals surface area contributed by atoms with Crippen molar-refractivity contribution in [2.45, 2.75) is 10.2 Å². The summed E-state index contributed by atoms with van der Waals surface area (Å²) < 4.78 is 5.19. The van der Waals surface area contributed by atoms with E-state index in [9.17, 15) is 0 Å². The number of ether oxygens (including phenoxy) is 1. The van der Waals surface area contributed by atoms with Crippen LogP contribution in [0.25, 0.3) is 11.0 Å². The lowest BCUT2D eigenvalue weighted by Crippen LogP contribution is -1.97. The molecular weight excluding hydrogens is 310 g/mol. The smallest absolute Gasteiger partial charge is 0.223 e. The van der Waals surface area contributed by atoms with Crippen LogP contribution < -0.4 is 10.1 Å². The molecule has 0 bridgehead atoms. The largest absolute Gasteiger partial charge is 0.497 e. The molecule has 6 nitrogen and oxygen atoms in total. The molecule has 2 N–H and O–H groups in total. The van der Waals surface area contributed by atoms with Crippen LogP contribution in [0.2, 0.25) is 5.02 Å². The Balaban J connectivity index is 1.94. The summed E-state index contributed by atoms with van der Waals surface area (Å²) in [5.74, 6) is 1.29. The number of imidazole rings is 1. The SMILES string of the molecule is CNc1ncc(Cl)c(Sc2nc3ccc(OC)cc3[nH]2)n1. The molecule has 0 radical (unpaired) electrons. The van der Waals surface area contributed by atoms with E-state index in [2.05, 4.69) is 25.3 Å². The van der Waals surface area contributed by atoms with E-state index in [1.165, 1.54) is 11.8 Å². The van der Waals surface area contributed by atoms with Crippen LogP contribution in [0.4, 0.5) is 5.95 Å². The number of halogens is 1. The van der Waals surface area contributed by atoms with Gasteiger partial charge < -0.3 is 15.0 Å². The van der Waals surface area contributed by atoms with Gasteiger partial charge in [-0.05, 0) is 23.9 Å². The van der Waals surface area contributed by atoms with Crippen molar-refractivity contribution in [3.63, 3.8) is 0 Å². The zero-order valence-electron chi connectivity index (χ0n) is 11.3. The van der Waals surface area contributed by atoms with Crippen molar-refractivity contribution in [3.05, 3.63) is 29.4 Å². The number of fused-ring (bicyclic) bond motifs is 1. The molecule has 0 aliphatic carbocycles. The number of aromatic amines is 1. The number of anilines is 1. The topological polar surface area (TPSA) is 75.7 Å². The summed E-state index contributed by atoms with van der Waals surface area (Å²) in [6, 6.07) is 5.66. The third-order valence-electron chi connectivity index (χ3n) is 2.80. The molecule has 0 aliphatic rings. The van der Waals surface area contributed by atoms with E-state index in [0.29, 0.717) is 21.2 Å². The van der Waals surface area contributed by atoms with Crippen molar-refractivity contribution in [1.29, 1.82) is 0 Å². The van der Waals surface area contributed by atoms with Crippen LogP contribution in [0.5, 0.6) is 5.75 Å². The van der Waals surface area contributed by atoms with Crippen LogP contribution in [0.15, 0.2) is 34.6 Å². The van der Waals surface area contributed by atoms with Gasteiger partial charge in [-0.2, -0.15) is 0 Å². The number of methoxy groups -OCH3 is 1. The molecule has 2 aromatic heterocycles. The summed E-state index contributed by atoms with van der Waals surface area (Å²) in [6.45, 7) is 0. The number of benzene rings is 1. The predicted molar refractivity (Wildman–Crippen MR) is 83.4 cm³/mol. The van der Waals surface area contributed by atoms with Gasteiger partial charge in [-0.3, -0.25) is 0 Å². The Morgan fingerprint density at radius 3 is 2.95 bits per heavy atom. The Kier molecular flexibility index (Phi) is 3.85. The first-order valence-corrected chi connectivity index (χ1v) is 7.31. The second-order valence-electron chi connectivity index (χ2n) is 4.12. The highest BCUT2D eigenvalue weighted by molar-refractivity contribution is 7.99. The monoisotopic (exact) mass is 321 g/mol. The molecule has 108 valence electrons. The molecule has 0 unspecified atom stereocenters. The number of nitrogens with one attached hydrogen (secondary N) is 2. The van der Waals surface area contributed by atoms with Gasteiger partial charge in [0, 0.05) is 13.1 Å². The van der Waals surface area contributed by atoms with E-state index >= 15 is 0 Å². The highest BCUT2D eigenvalue weighted by Crippen LogP contribution is 2.31. The molecule has 3 aromatic rings. The average molecular weight is 322 g/mol. The van der Waals surface area contributed by atoms with E-state index < -0.39 is 0 Å². The lowest BCUT2D eigenvalue weighted by Gasteiger charge is -2.02. The van der Waals surface area contributed by atoms with Gasteiger partial charge in [0.15, 0.2) is 5.16 Å². The summed E-state index contributed by atoms with van der Waals surface area (Å²) in [6.07, 6.45) is 1.56. The standard InChI is InChI=1S/C13H12ClN5OS/c1-15-12-16-6-8(14)11(19-12)21-13-17-9-4-3-7(20-2)5-10(9)18-13/h3-6H,1-2H3,(H,17,18)(H,15,16,19). The zero-order chi connectivity index (χ0) is 14.8. The van der Waals surface area contributed by atoms with Crippen molar-refractivity contribution >= 4 is 40.3 Å². The van der Waals surface area contributed by atoms with E-state index in [-0.39, 0.29) is 0 Å². The summed E-state index contributed by atoms with van der Waals surface area (Å²) >= 11 is 7.47. The molecule has 0 saturated carbocycles. The Labute approximate surface area is 130 Å². The Hall–Kier alpha value is -1.99. The summed E-state index contributed by atoms with van der Waals surface area (Å²) in [5, 5.41) is 4.71. The maximum absolute atomic E-state index is 6.11. The minimum atomic E-state index is 0.483. The molecule has 0 aliphatic heterocycles. The van der Waals surface area contributed by atoms with Crippen LogP contribution in [0.1, 0.15) is 0 Å². The fraction of sp³-hybridized carbons (Fsp3) is 0.154. The number of H-pyrrole nitrogens is 1. The number of rotatable bonds is 4. The fourth-order valence-electron chi connectivity index (χ4n) is 1.78. The molecule has 0 spiro atoms. The van der Waals surface area contributed by atoms with Crippen LogP contribution in [0, 0.1) is 0 Å². The fourth-order valence-corrected chi connectivity index (χ4v) is 2.75.